The van der Waals surface area contributed by atoms with Gasteiger partial charge < -0.3 is 4.74 Å². The maximum atomic E-state index is 12.8. The van der Waals surface area contributed by atoms with E-state index in [2.05, 4.69) is 20.7 Å². The second-order valence-electron chi connectivity index (χ2n) is 3.20. The van der Waals surface area contributed by atoms with Crippen LogP contribution >= 0.6 is 15.9 Å². The molecule has 0 spiro atoms. The molecule has 0 heterocycles. The summed E-state index contributed by atoms with van der Waals surface area (Å²) < 4.78 is 90.1. The van der Waals surface area contributed by atoms with Crippen LogP contribution in [0.3, 0.4) is 0 Å². The predicted molar refractivity (Wildman–Crippen MR) is 49.9 cm³/mol. The van der Waals surface area contributed by atoms with Crippen LogP contribution in [0.1, 0.15) is 13.3 Å². The number of hydrogen-bond donors (Lipinski definition) is 0. The standard InChI is InChI=1S/C8H8BrF7O2/c1-2-18-5(17)4(9)3-6(10,11)7(12,13)8(14,15)16/h4H,2-3H2,1H3. The molecule has 0 fully saturated rings. The summed E-state index contributed by atoms with van der Waals surface area (Å²) >= 11 is 2.28. The summed E-state index contributed by atoms with van der Waals surface area (Å²) in [6.45, 7) is 1.10. The van der Waals surface area contributed by atoms with Crippen LogP contribution in [-0.2, 0) is 9.53 Å². The molecule has 0 amide bonds. The van der Waals surface area contributed by atoms with Crippen molar-refractivity contribution in [2.24, 2.45) is 0 Å². The zero-order valence-electron chi connectivity index (χ0n) is 8.83. The van der Waals surface area contributed by atoms with Gasteiger partial charge in [0.05, 0.1) is 6.61 Å². The Balaban J connectivity index is 4.91. The largest absolute Gasteiger partial charge is 0.465 e. The molecule has 1 atom stereocenters. The van der Waals surface area contributed by atoms with E-state index < -0.39 is 35.2 Å². The highest BCUT2D eigenvalue weighted by Gasteiger charge is 2.73. The Kier molecular flexibility index (Phi) is 5.45. The lowest BCUT2D eigenvalue weighted by atomic mass is 10.1. The van der Waals surface area contributed by atoms with Gasteiger partial charge in [0.25, 0.3) is 0 Å². The number of esters is 1. The van der Waals surface area contributed by atoms with Crippen molar-refractivity contribution >= 4 is 21.9 Å². The molecule has 0 aliphatic heterocycles. The van der Waals surface area contributed by atoms with Crippen molar-refractivity contribution < 1.29 is 40.3 Å². The Hall–Kier alpha value is -0.540. The lowest BCUT2D eigenvalue weighted by molar-refractivity contribution is -0.355. The fraction of sp³-hybridized carbons (Fsp3) is 0.875. The van der Waals surface area contributed by atoms with Crippen molar-refractivity contribution in [3.63, 3.8) is 0 Å². The van der Waals surface area contributed by atoms with Gasteiger partial charge in [0, 0.05) is 6.42 Å². The normalized spacial score (nSPS) is 15.4. The van der Waals surface area contributed by atoms with Gasteiger partial charge >= 0.3 is 24.0 Å². The van der Waals surface area contributed by atoms with E-state index in [1.54, 1.807) is 0 Å². The van der Waals surface area contributed by atoms with Gasteiger partial charge in [-0.3, -0.25) is 4.79 Å². The number of carbonyl (C=O) groups excluding carboxylic acids is 1. The van der Waals surface area contributed by atoms with E-state index in [0.717, 1.165) is 0 Å². The first kappa shape index (κ1) is 17.5. The number of rotatable bonds is 5. The fourth-order valence-electron chi connectivity index (χ4n) is 0.877. The zero-order valence-corrected chi connectivity index (χ0v) is 10.4. The monoisotopic (exact) mass is 348 g/mol. The third-order valence-corrected chi connectivity index (χ3v) is 2.49. The van der Waals surface area contributed by atoms with E-state index in [1.165, 1.54) is 6.92 Å². The molecule has 10 heteroatoms. The molecule has 0 saturated carbocycles. The van der Waals surface area contributed by atoms with Crippen molar-refractivity contribution in [1.82, 2.24) is 0 Å². The summed E-state index contributed by atoms with van der Waals surface area (Å²) in [6, 6.07) is 0. The van der Waals surface area contributed by atoms with Gasteiger partial charge in [0.1, 0.15) is 4.83 Å². The Morgan fingerprint density at radius 3 is 1.94 bits per heavy atom. The molecule has 2 nitrogen and oxygen atoms in total. The second kappa shape index (κ2) is 5.62. The molecule has 108 valence electrons. The van der Waals surface area contributed by atoms with E-state index in [1.807, 2.05) is 0 Å². The third kappa shape index (κ3) is 3.72. The molecule has 0 saturated heterocycles. The lowest BCUT2D eigenvalue weighted by Gasteiger charge is -2.29. The van der Waals surface area contributed by atoms with Crippen molar-refractivity contribution in [1.29, 1.82) is 0 Å². The number of ether oxygens (including phenoxy) is 1. The van der Waals surface area contributed by atoms with Gasteiger partial charge in [-0.05, 0) is 6.92 Å². The van der Waals surface area contributed by atoms with Crippen LogP contribution in [0.4, 0.5) is 30.7 Å². The topological polar surface area (TPSA) is 26.3 Å². The van der Waals surface area contributed by atoms with Gasteiger partial charge in [0.2, 0.25) is 0 Å². The molecule has 0 aromatic carbocycles. The van der Waals surface area contributed by atoms with Crippen LogP contribution in [-0.4, -0.2) is 35.4 Å². The molecule has 1 unspecified atom stereocenters. The SMILES string of the molecule is CCOC(=O)C(Br)CC(F)(F)C(F)(F)C(F)(F)F. The highest BCUT2D eigenvalue weighted by Crippen LogP contribution is 2.49. The molecule has 0 rings (SSSR count). The molecule has 0 radical (unpaired) electrons. The Morgan fingerprint density at radius 1 is 1.17 bits per heavy atom. The first-order valence-electron chi connectivity index (χ1n) is 4.50. The van der Waals surface area contributed by atoms with E-state index in [-0.39, 0.29) is 6.61 Å². The van der Waals surface area contributed by atoms with Crippen molar-refractivity contribution in [2.75, 3.05) is 6.61 Å². The summed E-state index contributed by atoms with van der Waals surface area (Å²) in [5, 5.41) is 0. The van der Waals surface area contributed by atoms with Gasteiger partial charge in [-0.2, -0.15) is 30.7 Å². The highest BCUT2D eigenvalue weighted by atomic mass is 79.9. The number of alkyl halides is 8. The van der Waals surface area contributed by atoms with Crippen molar-refractivity contribution in [2.45, 2.75) is 36.2 Å². The summed E-state index contributed by atoms with van der Waals surface area (Å²) in [7, 11) is 0. The van der Waals surface area contributed by atoms with Crippen molar-refractivity contribution in [3.05, 3.63) is 0 Å². The van der Waals surface area contributed by atoms with Crippen LogP contribution in [0, 0.1) is 0 Å². The van der Waals surface area contributed by atoms with E-state index in [0.29, 0.717) is 0 Å². The number of hydrogen-bond acceptors (Lipinski definition) is 2. The van der Waals surface area contributed by atoms with Crippen LogP contribution in [0.5, 0.6) is 0 Å². The van der Waals surface area contributed by atoms with Crippen molar-refractivity contribution in [3.8, 4) is 0 Å². The average Bonchev–Trinajstić information content (AvgIpc) is 2.15. The van der Waals surface area contributed by atoms with Gasteiger partial charge in [-0.15, -0.1) is 0 Å². The van der Waals surface area contributed by atoms with Crippen LogP contribution < -0.4 is 0 Å². The molecule has 0 aliphatic carbocycles. The Morgan fingerprint density at radius 2 is 1.61 bits per heavy atom. The second-order valence-corrected chi connectivity index (χ2v) is 4.31. The maximum absolute atomic E-state index is 12.8. The minimum absolute atomic E-state index is 0.220. The van der Waals surface area contributed by atoms with Gasteiger partial charge in [-0.25, -0.2) is 0 Å². The lowest BCUT2D eigenvalue weighted by Crippen LogP contribution is -2.53. The van der Waals surface area contributed by atoms with E-state index in [9.17, 15) is 35.5 Å². The van der Waals surface area contributed by atoms with E-state index >= 15 is 0 Å². The summed E-state index contributed by atoms with van der Waals surface area (Å²) in [4.78, 5) is 8.91. The molecule has 18 heavy (non-hydrogen) atoms. The molecule has 0 aromatic heterocycles. The van der Waals surface area contributed by atoms with E-state index in [4.69, 9.17) is 0 Å². The predicted octanol–water partition coefficient (Wildman–Crippen LogP) is 3.54. The molecule has 0 bridgehead atoms. The molecular weight excluding hydrogens is 341 g/mol. The summed E-state index contributed by atoms with van der Waals surface area (Å²) in [5.74, 6) is -13.0. The number of halogens is 8. The molecule has 0 aliphatic rings. The maximum Gasteiger partial charge on any atom is 0.459 e. The number of carbonyl (C=O) groups is 1. The van der Waals surface area contributed by atoms with Crippen LogP contribution in [0.2, 0.25) is 0 Å². The average molecular weight is 349 g/mol. The zero-order chi connectivity index (χ0) is 14.8. The van der Waals surface area contributed by atoms with Gasteiger partial charge in [0.15, 0.2) is 0 Å². The quantitative estimate of drug-likeness (QED) is 0.431. The molecule has 0 aromatic rings. The minimum atomic E-state index is -6.40. The molecule has 0 N–H and O–H groups in total. The molecular formula is C8H8BrF7O2. The fourth-order valence-corrected chi connectivity index (χ4v) is 1.42. The summed E-state index contributed by atoms with van der Waals surface area (Å²) in [5.41, 5.74) is 0. The van der Waals surface area contributed by atoms with Gasteiger partial charge in [-0.1, -0.05) is 15.9 Å². The minimum Gasteiger partial charge on any atom is -0.465 e. The third-order valence-electron chi connectivity index (χ3n) is 1.79. The van der Waals surface area contributed by atoms with Crippen LogP contribution in [0.15, 0.2) is 0 Å². The Bertz CT molecular complexity index is 302. The summed E-state index contributed by atoms with van der Waals surface area (Å²) in [6.07, 6.45) is -8.43. The first-order valence-corrected chi connectivity index (χ1v) is 5.41. The first-order chi connectivity index (χ1) is 7.87. The Labute approximate surface area is 106 Å². The smallest absolute Gasteiger partial charge is 0.459 e. The van der Waals surface area contributed by atoms with Crippen LogP contribution in [0.25, 0.3) is 0 Å². The highest BCUT2D eigenvalue weighted by molar-refractivity contribution is 9.10.